The fraction of sp³-hybridized carbons (Fsp3) is 0.568. The van der Waals surface area contributed by atoms with E-state index in [0.29, 0.717) is 25.8 Å². The van der Waals surface area contributed by atoms with Crippen LogP contribution >= 0.6 is 11.8 Å². The van der Waals surface area contributed by atoms with Crippen molar-refractivity contribution in [1.82, 2.24) is 5.32 Å². The molecule has 5 rings (SSSR count). The first kappa shape index (κ1) is 37.4. The molecule has 3 aliphatic carbocycles. The van der Waals surface area contributed by atoms with E-state index < -0.39 is 23.0 Å². The van der Waals surface area contributed by atoms with Crippen LogP contribution in [0.3, 0.4) is 0 Å². The van der Waals surface area contributed by atoms with Crippen molar-refractivity contribution in [2.45, 2.75) is 89.9 Å². The van der Waals surface area contributed by atoms with Crippen LogP contribution in [0, 0.1) is 34.0 Å². The van der Waals surface area contributed by atoms with E-state index in [2.05, 4.69) is 32.7 Å². The predicted molar refractivity (Wildman–Crippen MR) is 177 cm³/mol. The minimum atomic E-state index is -0.690. The summed E-state index contributed by atoms with van der Waals surface area (Å²) in [7, 11) is 0. The van der Waals surface area contributed by atoms with Gasteiger partial charge >= 0.3 is 5.97 Å². The zero-order chi connectivity index (χ0) is 33.3. The number of phenolic OH excluding ortho intramolecular Hbond substituents is 1. The molecule has 0 saturated heterocycles. The van der Waals surface area contributed by atoms with Crippen molar-refractivity contribution in [1.29, 1.82) is 0 Å². The maximum Gasteiger partial charge on any atom is 0.316 e. The summed E-state index contributed by atoms with van der Waals surface area (Å²) >= 11 is 1.37. The quantitative estimate of drug-likeness (QED) is 0.111. The molecule has 0 radical (unpaired) electrons. The third kappa shape index (κ3) is 7.44. The second-order valence-corrected chi connectivity index (χ2v) is 15.4. The first-order valence-corrected chi connectivity index (χ1v) is 17.5. The second-order valence-electron chi connectivity index (χ2n) is 14.3. The van der Waals surface area contributed by atoms with Gasteiger partial charge < -0.3 is 44.2 Å². The minimum Gasteiger partial charge on any atom is -1.00 e. The van der Waals surface area contributed by atoms with Gasteiger partial charge in [-0.15, -0.1) is 18.3 Å². The number of halogens is 1. The van der Waals surface area contributed by atoms with E-state index in [9.17, 15) is 24.6 Å². The summed E-state index contributed by atoms with van der Waals surface area (Å²) in [5, 5.41) is 24.0. The van der Waals surface area contributed by atoms with Gasteiger partial charge in [-0.1, -0.05) is 45.9 Å². The SMILES string of the molecule is C=C[C@]1(C)C[C@@H](OC(=O)CSc2cc[n+](CC(=O)NCCc3ccc(O)cc3)cc2)[C@]2(C)[C@H](C)CC[C@]3(CCC(=O)[C@H]32)[C@@H](C)[C@@H]1O.[I-]. The molecule has 0 spiro atoms. The fourth-order valence-electron chi connectivity index (χ4n) is 8.71. The molecule has 3 N–H and O–H groups in total. The van der Waals surface area contributed by atoms with Gasteiger partial charge in [-0.2, -0.15) is 4.57 Å². The number of phenols is 1. The van der Waals surface area contributed by atoms with Crippen molar-refractivity contribution in [3.8, 4) is 5.75 Å². The van der Waals surface area contributed by atoms with Crippen molar-refractivity contribution >= 4 is 29.4 Å². The molecular weight excluding hydrogens is 727 g/mol. The normalized spacial score (nSPS) is 33.0. The number of aliphatic hydroxyl groups excluding tert-OH is 1. The van der Waals surface area contributed by atoms with Crippen LogP contribution in [0.5, 0.6) is 5.75 Å². The number of thioether (sulfide) groups is 1. The molecule has 47 heavy (non-hydrogen) atoms. The number of benzene rings is 1. The standard InChI is InChI=1S/C37H48N2O6S.HI/c1-6-35(4)21-30(36(5)24(2)11-16-37(25(3)34(35)44)17-12-29(41)33(36)37)45-32(43)23-46-28-14-19-39(20-15-28)22-31(42)38-18-13-26-7-9-27(40)10-8-26;/h6-10,14-15,19-20,24-25,30,33-34,44H,1,11-13,16-18,21-23H2,2-5H3,(H-,38,40,42);1H/t24-,25+,30-,33+,34+,35-,36+,37+;/m1./s1. The lowest BCUT2D eigenvalue weighted by atomic mass is 9.44. The number of Topliss-reactive ketones (excluding diaryl/α,β-unsaturated/α-hetero) is 1. The Labute approximate surface area is 300 Å². The molecule has 1 amide bonds. The van der Waals surface area contributed by atoms with Crippen molar-refractivity contribution in [3.63, 3.8) is 0 Å². The average molecular weight is 777 g/mol. The number of ketones is 1. The number of aromatic hydroxyl groups is 1. The Balaban J connectivity index is 0.00000500. The van der Waals surface area contributed by atoms with Gasteiger partial charge in [0.25, 0.3) is 5.91 Å². The summed E-state index contributed by atoms with van der Waals surface area (Å²) in [6.45, 7) is 13.2. The van der Waals surface area contributed by atoms with Crippen LogP contribution in [0.4, 0.5) is 0 Å². The third-order valence-electron chi connectivity index (χ3n) is 11.8. The molecular formula is C37H49IN2O6S. The summed E-state index contributed by atoms with van der Waals surface area (Å²) < 4.78 is 8.14. The van der Waals surface area contributed by atoms with E-state index in [-0.39, 0.29) is 82.9 Å². The number of rotatable bonds is 10. The van der Waals surface area contributed by atoms with Crippen LogP contribution in [0.2, 0.25) is 0 Å². The van der Waals surface area contributed by atoms with E-state index in [0.717, 1.165) is 29.7 Å². The summed E-state index contributed by atoms with van der Waals surface area (Å²) in [6, 6.07) is 10.7. The number of nitrogens with one attached hydrogen (secondary N) is 1. The fourth-order valence-corrected chi connectivity index (χ4v) is 9.38. The zero-order valence-electron chi connectivity index (χ0n) is 27.9. The number of esters is 1. The summed E-state index contributed by atoms with van der Waals surface area (Å²) in [5.41, 5.74) is -0.465. The molecule has 8 nitrogen and oxygen atoms in total. The number of hydrogen-bond donors (Lipinski definition) is 3. The molecule has 3 aliphatic rings. The molecule has 8 atom stereocenters. The summed E-state index contributed by atoms with van der Waals surface area (Å²) in [6.07, 6.45) is 8.44. The molecule has 3 saturated carbocycles. The number of ether oxygens (including phenoxy) is 1. The van der Waals surface area contributed by atoms with E-state index in [1.807, 2.05) is 49.7 Å². The molecule has 2 aromatic rings. The first-order chi connectivity index (χ1) is 21.8. The van der Waals surface area contributed by atoms with Crippen molar-refractivity contribution in [2.24, 2.45) is 34.0 Å². The highest BCUT2D eigenvalue weighted by Crippen LogP contribution is 2.68. The van der Waals surface area contributed by atoms with Gasteiger partial charge in [-0.3, -0.25) is 14.4 Å². The Kier molecular flexibility index (Phi) is 11.9. The average Bonchev–Trinajstić information content (AvgIpc) is 3.40. The predicted octanol–water partition coefficient (Wildman–Crippen LogP) is 2.04. The van der Waals surface area contributed by atoms with E-state index in [1.165, 1.54) is 11.8 Å². The number of carbonyl (C=O) groups is 3. The number of carbonyl (C=O) groups excluding carboxylic acids is 3. The first-order valence-electron chi connectivity index (χ1n) is 16.5. The molecule has 2 bridgehead atoms. The number of pyridine rings is 1. The van der Waals surface area contributed by atoms with E-state index in [4.69, 9.17) is 4.74 Å². The molecule has 1 heterocycles. The number of aliphatic hydroxyl groups is 1. The van der Waals surface area contributed by atoms with Crippen LogP contribution in [-0.4, -0.2) is 52.4 Å². The summed E-state index contributed by atoms with van der Waals surface area (Å²) in [5.74, 6) is -0.00645. The van der Waals surface area contributed by atoms with Gasteiger partial charge in [0.05, 0.1) is 11.9 Å². The molecule has 0 unspecified atom stereocenters. The van der Waals surface area contributed by atoms with Crippen molar-refractivity contribution in [3.05, 3.63) is 67.0 Å². The van der Waals surface area contributed by atoms with Gasteiger partial charge in [0.2, 0.25) is 6.54 Å². The van der Waals surface area contributed by atoms with Crippen LogP contribution in [0.25, 0.3) is 0 Å². The molecule has 10 heteroatoms. The highest BCUT2D eigenvalue weighted by molar-refractivity contribution is 8.00. The van der Waals surface area contributed by atoms with Crippen LogP contribution in [-0.2, 0) is 32.1 Å². The Hall–Kier alpha value is -2.44. The molecule has 1 aromatic heterocycles. The number of nitrogens with zero attached hydrogens (tertiary/aromatic N) is 1. The number of hydrogen-bond acceptors (Lipinski definition) is 7. The minimum absolute atomic E-state index is 0. The monoisotopic (exact) mass is 776 g/mol. The van der Waals surface area contributed by atoms with Gasteiger partial charge in [0.15, 0.2) is 12.4 Å². The van der Waals surface area contributed by atoms with Crippen molar-refractivity contribution in [2.75, 3.05) is 12.3 Å². The topological polar surface area (TPSA) is 117 Å². The van der Waals surface area contributed by atoms with Crippen LogP contribution in [0.1, 0.15) is 65.4 Å². The maximum atomic E-state index is 13.6. The second kappa shape index (κ2) is 15.0. The number of aromatic nitrogens is 1. The third-order valence-corrected chi connectivity index (χ3v) is 12.8. The molecule has 256 valence electrons. The lowest BCUT2D eigenvalue weighted by molar-refractivity contribution is -0.684. The van der Waals surface area contributed by atoms with Crippen LogP contribution < -0.4 is 33.9 Å². The van der Waals surface area contributed by atoms with Gasteiger partial charge in [0.1, 0.15) is 17.6 Å². The Morgan fingerprint density at radius 3 is 2.47 bits per heavy atom. The zero-order valence-corrected chi connectivity index (χ0v) is 30.9. The largest absolute Gasteiger partial charge is 1.00 e. The highest BCUT2D eigenvalue weighted by Gasteiger charge is 2.68. The molecule has 1 aromatic carbocycles. The molecule has 0 aliphatic heterocycles. The lowest BCUT2D eigenvalue weighted by Gasteiger charge is -2.61. The Morgan fingerprint density at radius 2 is 1.81 bits per heavy atom. The lowest BCUT2D eigenvalue weighted by Crippen LogP contribution is -3.00. The van der Waals surface area contributed by atoms with Crippen LogP contribution in [0.15, 0.2) is 66.3 Å². The van der Waals surface area contributed by atoms with E-state index in [1.54, 1.807) is 16.7 Å². The van der Waals surface area contributed by atoms with Gasteiger partial charge in [0, 0.05) is 46.7 Å². The smallest absolute Gasteiger partial charge is 0.316 e. The maximum absolute atomic E-state index is 13.6. The van der Waals surface area contributed by atoms with E-state index >= 15 is 0 Å². The van der Waals surface area contributed by atoms with Gasteiger partial charge in [-0.05, 0) is 67.1 Å². The van der Waals surface area contributed by atoms with Crippen molar-refractivity contribution < 1.29 is 57.9 Å². The Bertz CT molecular complexity index is 1450. The Morgan fingerprint density at radius 1 is 1.13 bits per heavy atom. The highest BCUT2D eigenvalue weighted by atomic mass is 127. The number of amides is 1. The molecule has 3 fully saturated rings. The van der Waals surface area contributed by atoms with Gasteiger partial charge in [-0.25, -0.2) is 0 Å². The summed E-state index contributed by atoms with van der Waals surface area (Å²) in [4.78, 5) is 40.4.